The van der Waals surface area contributed by atoms with Gasteiger partial charge in [0.1, 0.15) is 0 Å². The molecule has 0 fully saturated rings. The Kier molecular flexibility index (Phi) is 5.93. The molecule has 2 N–H and O–H groups in total. The first-order valence-corrected chi connectivity index (χ1v) is 8.11. The molecule has 0 spiro atoms. The molecule has 0 aliphatic carbocycles. The maximum Gasteiger partial charge on any atom is 0.251 e. The number of aryl methyl sites for hydroxylation is 2. The van der Waals surface area contributed by atoms with Crippen LogP contribution in [0.4, 0.5) is 0 Å². The van der Waals surface area contributed by atoms with Crippen LogP contribution in [0.15, 0.2) is 30.3 Å². The van der Waals surface area contributed by atoms with Gasteiger partial charge in [-0.2, -0.15) is 5.10 Å². The lowest BCUT2D eigenvalue weighted by molar-refractivity contribution is 0.0950. The minimum absolute atomic E-state index is 0.0348. The van der Waals surface area contributed by atoms with Crippen LogP contribution in [-0.4, -0.2) is 34.8 Å². The van der Waals surface area contributed by atoms with Crippen molar-refractivity contribution in [1.29, 1.82) is 0 Å². The van der Waals surface area contributed by atoms with Gasteiger partial charge in [0.15, 0.2) is 0 Å². The Bertz CT molecular complexity index is 646. The molecule has 0 radical (unpaired) electrons. The van der Waals surface area contributed by atoms with Gasteiger partial charge in [-0.25, -0.2) is 0 Å². The first kappa shape index (κ1) is 17.2. The average molecular weight is 314 g/mol. The minimum Gasteiger partial charge on any atom is -0.350 e. The lowest BCUT2D eigenvalue weighted by Crippen LogP contribution is -2.38. The molecule has 5 heteroatoms. The maximum absolute atomic E-state index is 12.1. The number of carbonyl (C=O) groups excluding carboxylic acids is 1. The van der Waals surface area contributed by atoms with Gasteiger partial charge in [0.25, 0.3) is 5.91 Å². The first-order chi connectivity index (χ1) is 11.0. The van der Waals surface area contributed by atoms with Gasteiger partial charge in [-0.1, -0.05) is 19.1 Å². The molecule has 1 heterocycles. The molecule has 0 bridgehead atoms. The fourth-order valence-electron chi connectivity index (χ4n) is 2.54. The lowest BCUT2D eigenvalue weighted by Gasteiger charge is -2.13. The summed E-state index contributed by atoms with van der Waals surface area (Å²) in [6.07, 6.45) is 0. The van der Waals surface area contributed by atoms with E-state index in [1.807, 2.05) is 42.8 Å². The molecule has 23 heavy (non-hydrogen) atoms. The zero-order chi connectivity index (χ0) is 16.8. The zero-order valence-corrected chi connectivity index (χ0v) is 14.4. The summed E-state index contributed by atoms with van der Waals surface area (Å²) in [6, 6.07) is 10.0. The molecule has 2 rings (SSSR count). The van der Waals surface area contributed by atoms with Crippen LogP contribution < -0.4 is 10.6 Å². The third-order valence-electron chi connectivity index (χ3n) is 3.77. The Balaban J connectivity index is 1.93. The number of hydrogen-bond donors (Lipinski definition) is 2. The van der Waals surface area contributed by atoms with Crippen molar-refractivity contribution in [3.63, 3.8) is 0 Å². The number of amides is 1. The SMILES string of the molecule is CCN[C@H](C)CNC(=O)c1ccc(Cn2nc(C)cc2C)cc1. The number of nitrogens with zero attached hydrogens (tertiary/aromatic N) is 2. The molecule has 0 saturated heterocycles. The Morgan fingerprint density at radius 3 is 2.52 bits per heavy atom. The predicted molar refractivity (Wildman–Crippen MR) is 92.7 cm³/mol. The van der Waals surface area contributed by atoms with Crippen LogP contribution in [0.5, 0.6) is 0 Å². The van der Waals surface area contributed by atoms with Crippen LogP contribution in [0.25, 0.3) is 0 Å². The van der Waals surface area contributed by atoms with Crippen LogP contribution in [0.3, 0.4) is 0 Å². The van der Waals surface area contributed by atoms with Gasteiger partial charge in [-0.3, -0.25) is 9.48 Å². The molecule has 5 nitrogen and oxygen atoms in total. The maximum atomic E-state index is 12.1. The summed E-state index contributed by atoms with van der Waals surface area (Å²) in [6.45, 7) is 10.4. The molecular weight excluding hydrogens is 288 g/mol. The summed E-state index contributed by atoms with van der Waals surface area (Å²) in [5.41, 5.74) is 3.98. The molecule has 2 aromatic rings. The summed E-state index contributed by atoms with van der Waals surface area (Å²) < 4.78 is 1.97. The van der Waals surface area contributed by atoms with E-state index in [2.05, 4.69) is 35.6 Å². The van der Waals surface area contributed by atoms with E-state index in [9.17, 15) is 4.79 Å². The third kappa shape index (κ3) is 4.93. The quantitative estimate of drug-likeness (QED) is 0.824. The number of nitrogens with one attached hydrogen (secondary N) is 2. The highest BCUT2D eigenvalue weighted by Crippen LogP contribution is 2.09. The number of likely N-dealkylation sites (N-methyl/N-ethyl adjacent to an activating group) is 1. The van der Waals surface area contributed by atoms with E-state index in [0.29, 0.717) is 12.1 Å². The monoisotopic (exact) mass is 314 g/mol. The topological polar surface area (TPSA) is 58.9 Å². The summed E-state index contributed by atoms with van der Waals surface area (Å²) in [4.78, 5) is 12.1. The molecule has 0 aliphatic rings. The average Bonchev–Trinajstić information content (AvgIpc) is 2.83. The highest BCUT2D eigenvalue weighted by molar-refractivity contribution is 5.94. The molecule has 1 aromatic heterocycles. The fraction of sp³-hybridized carbons (Fsp3) is 0.444. The van der Waals surface area contributed by atoms with Gasteiger partial charge in [-0.05, 0) is 51.1 Å². The second kappa shape index (κ2) is 7.92. The van der Waals surface area contributed by atoms with Crippen LogP contribution in [0, 0.1) is 13.8 Å². The first-order valence-electron chi connectivity index (χ1n) is 8.11. The van der Waals surface area contributed by atoms with E-state index in [1.54, 1.807) is 0 Å². The van der Waals surface area contributed by atoms with Crippen LogP contribution >= 0.6 is 0 Å². The van der Waals surface area contributed by atoms with Crippen molar-refractivity contribution in [2.24, 2.45) is 0 Å². The summed E-state index contributed by atoms with van der Waals surface area (Å²) in [5.74, 6) is -0.0348. The Morgan fingerprint density at radius 1 is 1.26 bits per heavy atom. The minimum atomic E-state index is -0.0348. The van der Waals surface area contributed by atoms with Crippen molar-refractivity contribution >= 4 is 5.91 Å². The second-order valence-corrected chi connectivity index (χ2v) is 5.95. The van der Waals surface area contributed by atoms with Gasteiger partial charge < -0.3 is 10.6 Å². The van der Waals surface area contributed by atoms with E-state index < -0.39 is 0 Å². The molecule has 1 amide bonds. The van der Waals surface area contributed by atoms with Crippen LogP contribution in [0.2, 0.25) is 0 Å². The predicted octanol–water partition coefficient (Wildman–Crippen LogP) is 2.28. The van der Waals surface area contributed by atoms with E-state index in [4.69, 9.17) is 0 Å². The van der Waals surface area contributed by atoms with Crippen molar-refractivity contribution in [2.45, 2.75) is 40.3 Å². The molecule has 0 unspecified atom stereocenters. The molecule has 124 valence electrons. The number of aromatic nitrogens is 2. The van der Waals surface area contributed by atoms with E-state index >= 15 is 0 Å². The van der Waals surface area contributed by atoms with Crippen molar-refractivity contribution < 1.29 is 4.79 Å². The Hall–Kier alpha value is -2.14. The van der Waals surface area contributed by atoms with Crippen molar-refractivity contribution in [1.82, 2.24) is 20.4 Å². The van der Waals surface area contributed by atoms with Gasteiger partial charge in [0, 0.05) is 23.8 Å². The zero-order valence-electron chi connectivity index (χ0n) is 14.4. The lowest BCUT2D eigenvalue weighted by atomic mass is 10.1. The van der Waals surface area contributed by atoms with Gasteiger partial charge in [0.2, 0.25) is 0 Å². The van der Waals surface area contributed by atoms with Gasteiger partial charge >= 0.3 is 0 Å². The van der Waals surface area contributed by atoms with Crippen molar-refractivity contribution in [2.75, 3.05) is 13.1 Å². The largest absolute Gasteiger partial charge is 0.350 e. The molecule has 1 aromatic carbocycles. The normalized spacial score (nSPS) is 12.2. The summed E-state index contributed by atoms with van der Waals surface area (Å²) in [7, 11) is 0. The smallest absolute Gasteiger partial charge is 0.251 e. The number of carbonyl (C=O) groups is 1. The summed E-state index contributed by atoms with van der Waals surface area (Å²) in [5, 5.41) is 10.7. The van der Waals surface area contributed by atoms with Crippen molar-refractivity contribution in [3.8, 4) is 0 Å². The number of hydrogen-bond acceptors (Lipinski definition) is 3. The fourth-order valence-corrected chi connectivity index (χ4v) is 2.54. The molecule has 0 saturated carbocycles. The van der Waals surface area contributed by atoms with Gasteiger partial charge in [-0.15, -0.1) is 0 Å². The summed E-state index contributed by atoms with van der Waals surface area (Å²) >= 11 is 0. The van der Waals surface area contributed by atoms with E-state index in [1.165, 1.54) is 0 Å². The number of benzene rings is 1. The van der Waals surface area contributed by atoms with E-state index in [0.717, 1.165) is 30.0 Å². The van der Waals surface area contributed by atoms with Gasteiger partial charge in [0.05, 0.1) is 12.2 Å². The Morgan fingerprint density at radius 2 is 1.96 bits per heavy atom. The molecular formula is C18H26N4O. The highest BCUT2D eigenvalue weighted by atomic mass is 16.1. The Labute approximate surface area is 138 Å². The standard InChI is InChI=1S/C18H26N4O/c1-5-19-14(3)11-20-18(23)17-8-6-16(7-9-17)12-22-15(4)10-13(2)21-22/h6-10,14,19H,5,11-12H2,1-4H3,(H,20,23)/t14-/m1/s1. The van der Waals surface area contributed by atoms with Crippen LogP contribution in [-0.2, 0) is 6.54 Å². The second-order valence-electron chi connectivity index (χ2n) is 5.95. The van der Waals surface area contributed by atoms with E-state index in [-0.39, 0.29) is 11.9 Å². The third-order valence-corrected chi connectivity index (χ3v) is 3.77. The molecule has 0 aliphatic heterocycles. The highest BCUT2D eigenvalue weighted by Gasteiger charge is 2.08. The van der Waals surface area contributed by atoms with Crippen molar-refractivity contribution in [3.05, 3.63) is 52.8 Å². The number of rotatable bonds is 7. The molecule has 1 atom stereocenters. The van der Waals surface area contributed by atoms with Crippen LogP contribution in [0.1, 0.15) is 41.2 Å².